The lowest BCUT2D eigenvalue weighted by molar-refractivity contribution is 0.0656. The van der Waals surface area contributed by atoms with Crippen LogP contribution in [-0.2, 0) is 4.74 Å². The zero-order valence-electron chi connectivity index (χ0n) is 8.69. The SMILES string of the molecule is CC(C)OCCC(C)(C)NC(=O)I. The molecule has 0 aliphatic heterocycles. The molecule has 0 radical (unpaired) electrons. The summed E-state index contributed by atoms with van der Waals surface area (Å²) in [4.78, 5) is 10.8. The molecule has 0 aliphatic rings. The standard InChI is InChI=1S/C9H18INO2/c1-7(2)13-6-5-9(3,4)11-8(10)12/h7H,5-6H2,1-4H3,(H,11,12). The minimum absolute atomic E-state index is 0.0212. The number of carbonyl (C=O) groups excluding carboxylic acids is 1. The molecule has 0 fully saturated rings. The van der Waals surface area contributed by atoms with Crippen LogP contribution in [0.1, 0.15) is 34.1 Å². The number of amides is 1. The van der Waals surface area contributed by atoms with E-state index < -0.39 is 0 Å². The van der Waals surface area contributed by atoms with Crippen molar-refractivity contribution >= 4 is 26.5 Å². The highest BCUT2D eigenvalue weighted by molar-refractivity contribution is 14.1. The predicted octanol–water partition coefficient (Wildman–Crippen LogP) is 2.72. The van der Waals surface area contributed by atoms with Crippen LogP contribution < -0.4 is 5.32 Å². The van der Waals surface area contributed by atoms with Gasteiger partial charge in [-0.3, -0.25) is 4.79 Å². The average Bonchev–Trinajstić information content (AvgIpc) is 1.81. The lowest BCUT2D eigenvalue weighted by atomic mass is 10.0. The van der Waals surface area contributed by atoms with Crippen molar-refractivity contribution in [1.29, 1.82) is 0 Å². The topological polar surface area (TPSA) is 38.3 Å². The maximum Gasteiger partial charge on any atom is 0.281 e. The number of halogens is 1. The second-order valence-electron chi connectivity index (χ2n) is 3.95. The first kappa shape index (κ1) is 13.2. The minimum Gasteiger partial charge on any atom is -0.379 e. The van der Waals surface area contributed by atoms with Crippen molar-refractivity contribution in [2.75, 3.05) is 6.61 Å². The molecule has 0 bridgehead atoms. The van der Waals surface area contributed by atoms with Gasteiger partial charge in [0.25, 0.3) is 3.91 Å². The molecule has 0 spiro atoms. The number of ether oxygens (including phenoxy) is 1. The molecule has 3 nitrogen and oxygen atoms in total. The van der Waals surface area contributed by atoms with Crippen LogP contribution in [0.5, 0.6) is 0 Å². The Morgan fingerprint density at radius 3 is 2.46 bits per heavy atom. The van der Waals surface area contributed by atoms with E-state index in [2.05, 4.69) is 5.32 Å². The fourth-order valence-corrected chi connectivity index (χ4v) is 1.61. The van der Waals surface area contributed by atoms with Crippen LogP contribution in [0, 0.1) is 0 Å². The molecule has 0 saturated carbocycles. The summed E-state index contributed by atoms with van der Waals surface area (Å²) >= 11 is 1.74. The summed E-state index contributed by atoms with van der Waals surface area (Å²) in [5.41, 5.74) is -0.173. The molecule has 0 atom stereocenters. The van der Waals surface area contributed by atoms with Crippen molar-refractivity contribution in [3.63, 3.8) is 0 Å². The van der Waals surface area contributed by atoms with E-state index in [0.29, 0.717) is 6.61 Å². The zero-order valence-corrected chi connectivity index (χ0v) is 10.8. The van der Waals surface area contributed by atoms with Crippen LogP contribution in [0.4, 0.5) is 4.79 Å². The molecule has 13 heavy (non-hydrogen) atoms. The van der Waals surface area contributed by atoms with Gasteiger partial charge in [-0.25, -0.2) is 0 Å². The molecule has 0 aromatic rings. The molecule has 78 valence electrons. The van der Waals surface area contributed by atoms with Gasteiger partial charge in [0.15, 0.2) is 0 Å². The third kappa shape index (κ3) is 8.49. The highest BCUT2D eigenvalue weighted by atomic mass is 127. The number of rotatable bonds is 5. The molecule has 0 aromatic carbocycles. The molecule has 0 rings (SSSR count). The molecule has 0 aromatic heterocycles. The van der Waals surface area contributed by atoms with Gasteiger partial charge in [-0.2, -0.15) is 0 Å². The maximum atomic E-state index is 10.8. The second kappa shape index (κ2) is 5.80. The van der Waals surface area contributed by atoms with Crippen LogP contribution >= 0.6 is 22.6 Å². The quantitative estimate of drug-likeness (QED) is 0.481. The number of hydrogen-bond donors (Lipinski definition) is 1. The lowest BCUT2D eigenvalue weighted by Gasteiger charge is -2.25. The largest absolute Gasteiger partial charge is 0.379 e. The minimum atomic E-state index is -0.173. The van der Waals surface area contributed by atoms with Crippen LogP contribution in [0.2, 0.25) is 0 Å². The van der Waals surface area contributed by atoms with Crippen LogP contribution in [-0.4, -0.2) is 22.2 Å². The van der Waals surface area contributed by atoms with Gasteiger partial charge < -0.3 is 10.1 Å². The van der Waals surface area contributed by atoms with Crippen LogP contribution in [0.3, 0.4) is 0 Å². The molecule has 0 heterocycles. The number of hydrogen-bond acceptors (Lipinski definition) is 2. The summed E-state index contributed by atoms with van der Waals surface area (Å²) < 4.78 is 5.38. The molecular weight excluding hydrogens is 281 g/mol. The average molecular weight is 299 g/mol. The lowest BCUT2D eigenvalue weighted by Crippen LogP contribution is -2.41. The van der Waals surface area contributed by atoms with E-state index >= 15 is 0 Å². The van der Waals surface area contributed by atoms with E-state index in [1.807, 2.05) is 27.7 Å². The van der Waals surface area contributed by atoms with Crippen molar-refractivity contribution in [2.24, 2.45) is 0 Å². The Hall–Kier alpha value is 0.160. The highest BCUT2D eigenvalue weighted by Crippen LogP contribution is 2.10. The Morgan fingerprint density at radius 2 is 2.08 bits per heavy atom. The Morgan fingerprint density at radius 1 is 1.54 bits per heavy atom. The summed E-state index contributed by atoms with van der Waals surface area (Å²) in [5.74, 6) is 0. The summed E-state index contributed by atoms with van der Waals surface area (Å²) in [6.07, 6.45) is 1.09. The van der Waals surface area contributed by atoms with Gasteiger partial charge in [0.05, 0.1) is 6.10 Å². The van der Waals surface area contributed by atoms with Crippen LogP contribution in [0.25, 0.3) is 0 Å². The number of carbonyl (C=O) groups is 1. The van der Waals surface area contributed by atoms with Crippen molar-refractivity contribution in [3.8, 4) is 0 Å². The Labute approximate surface area is 93.7 Å². The smallest absolute Gasteiger partial charge is 0.281 e. The fraction of sp³-hybridized carbons (Fsp3) is 0.889. The van der Waals surface area contributed by atoms with E-state index in [1.54, 1.807) is 22.6 Å². The van der Waals surface area contributed by atoms with Crippen LogP contribution in [0.15, 0.2) is 0 Å². The van der Waals surface area contributed by atoms with E-state index in [-0.39, 0.29) is 15.6 Å². The summed E-state index contributed by atoms with van der Waals surface area (Å²) in [6, 6.07) is 0. The second-order valence-corrected chi connectivity index (χ2v) is 4.93. The van der Waals surface area contributed by atoms with Gasteiger partial charge in [0.1, 0.15) is 0 Å². The van der Waals surface area contributed by atoms with Crippen molar-refractivity contribution in [3.05, 3.63) is 0 Å². The van der Waals surface area contributed by atoms with Gasteiger partial charge in [-0.15, -0.1) is 0 Å². The monoisotopic (exact) mass is 299 g/mol. The first-order chi connectivity index (χ1) is 5.83. The highest BCUT2D eigenvalue weighted by Gasteiger charge is 2.18. The molecule has 1 amide bonds. The van der Waals surface area contributed by atoms with Gasteiger partial charge >= 0.3 is 0 Å². The van der Waals surface area contributed by atoms with Crippen molar-refractivity contribution in [1.82, 2.24) is 5.32 Å². The summed E-state index contributed by atoms with van der Waals surface area (Å²) in [6.45, 7) is 8.68. The van der Waals surface area contributed by atoms with Crippen molar-refractivity contribution < 1.29 is 9.53 Å². The summed E-state index contributed by atoms with van der Waals surface area (Å²) in [5, 5.41) is 2.86. The first-order valence-electron chi connectivity index (χ1n) is 4.43. The van der Waals surface area contributed by atoms with Gasteiger partial charge in [0.2, 0.25) is 0 Å². The zero-order chi connectivity index (χ0) is 10.5. The predicted molar refractivity (Wildman–Crippen MR) is 62.3 cm³/mol. The first-order valence-corrected chi connectivity index (χ1v) is 5.50. The van der Waals surface area contributed by atoms with Crippen molar-refractivity contribution in [2.45, 2.75) is 45.8 Å². The Kier molecular flexibility index (Phi) is 5.87. The molecule has 0 saturated heterocycles. The Bertz CT molecular complexity index is 169. The van der Waals surface area contributed by atoms with E-state index in [4.69, 9.17) is 4.74 Å². The maximum absolute atomic E-state index is 10.8. The van der Waals surface area contributed by atoms with E-state index in [9.17, 15) is 4.79 Å². The normalized spacial score (nSPS) is 11.8. The van der Waals surface area contributed by atoms with E-state index in [0.717, 1.165) is 6.42 Å². The molecular formula is C9H18INO2. The number of nitrogens with one attached hydrogen (secondary N) is 1. The molecule has 4 heteroatoms. The van der Waals surface area contributed by atoms with Gasteiger partial charge in [0, 0.05) is 34.7 Å². The third-order valence-electron chi connectivity index (χ3n) is 1.61. The summed E-state index contributed by atoms with van der Waals surface area (Å²) in [7, 11) is 0. The molecule has 0 unspecified atom stereocenters. The third-order valence-corrected chi connectivity index (χ3v) is 1.88. The van der Waals surface area contributed by atoms with E-state index in [1.165, 1.54) is 0 Å². The van der Waals surface area contributed by atoms with Gasteiger partial charge in [-0.05, 0) is 34.1 Å². The molecule has 0 aliphatic carbocycles. The Balaban J connectivity index is 3.69. The fourth-order valence-electron chi connectivity index (χ4n) is 0.878. The molecule has 1 N–H and O–H groups in total. The van der Waals surface area contributed by atoms with Gasteiger partial charge in [-0.1, -0.05) is 0 Å².